The third-order valence-electron chi connectivity index (χ3n) is 4.32. The van der Waals surface area contributed by atoms with Crippen molar-refractivity contribution in [3.63, 3.8) is 0 Å². The first-order valence-electron chi connectivity index (χ1n) is 8.86. The molecule has 0 fully saturated rings. The highest BCUT2D eigenvalue weighted by atomic mass is 19.4. The lowest BCUT2D eigenvalue weighted by molar-refractivity contribution is -0.140. The number of aromatic nitrogens is 2. The van der Waals surface area contributed by atoms with Crippen LogP contribution >= 0.6 is 0 Å². The first-order valence-corrected chi connectivity index (χ1v) is 8.86. The highest BCUT2D eigenvalue weighted by molar-refractivity contribution is 6.01. The van der Waals surface area contributed by atoms with Gasteiger partial charge in [0.2, 0.25) is 5.91 Å². The zero-order chi connectivity index (χ0) is 21.0. The Labute approximate surface area is 165 Å². The Morgan fingerprint density at radius 1 is 1.00 bits per heavy atom. The molecule has 150 valence electrons. The van der Waals surface area contributed by atoms with Gasteiger partial charge in [0.25, 0.3) is 0 Å². The number of carbonyl (C=O) groups excluding carboxylic acids is 2. The lowest BCUT2D eigenvalue weighted by Gasteiger charge is -2.09. The number of alkyl halides is 3. The van der Waals surface area contributed by atoms with Crippen LogP contribution in [0.5, 0.6) is 0 Å². The predicted molar refractivity (Wildman–Crippen MR) is 102 cm³/mol. The number of aryl methyl sites for hydroxylation is 1. The second-order valence-corrected chi connectivity index (χ2v) is 6.52. The van der Waals surface area contributed by atoms with Crippen LogP contribution < -0.4 is 5.32 Å². The predicted octanol–water partition coefficient (Wildman–Crippen LogP) is 5.01. The van der Waals surface area contributed by atoms with Gasteiger partial charge in [0.15, 0.2) is 11.6 Å². The van der Waals surface area contributed by atoms with Crippen molar-refractivity contribution in [2.24, 2.45) is 0 Å². The minimum atomic E-state index is -4.66. The number of Topliss-reactive ketones (excluding diaryl/α,β-unsaturated/α-hetero) is 1. The first-order chi connectivity index (χ1) is 13.8. The van der Waals surface area contributed by atoms with Crippen molar-refractivity contribution in [1.82, 2.24) is 10.2 Å². The van der Waals surface area contributed by atoms with Crippen LogP contribution in [-0.2, 0) is 11.0 Å². The maximum atomic E-state index is 13.3. The molecule has 0 saturated heterocycles. The average molecular weight is 401 g/mol. The number of H-pyrrole nitrogens is 1. The molecule has 3 rings (SSSR count). The van der Waals surface area contributed by atoms with Crippen molar-refractivity contribution in [3.8, 4) is 11.1 Å². The number of hydrogen-bond acceptors (Lipinski definition) is 3. The molecule has 0 atom stereocenters. The third-order valence-corrected chi connectivity index (χ3v) is 4.32. The highest BCUT2D eigenvalue weighted by Gasteiger charge is 2.38. The molecular formula is C21H18F3N3O2. The van der Waals surface area contributed by atoms with E-state index < -0.39 is 17.8 Å². The molecule has 29 heavy (non-hydrogen) atoms. The number of nitrogens with zero attached hydrogens (tertiary/aromatic N) is 1. The molecule has 1 aromatic heterocycles. The fourth-order valence-corrected chi connectivity index (χ4v) is 2.83. The Balaban J connectivity index is 1.74. The molecule has 0 unspecified atom stereocenters. The summed E-state index contributed by atoms with van der Waals surface area (Å²) in [5.41, 5.74) is 0.463. The first kappa shape index (κ1) is 20.3. The van der Waals surface area contributed by atoms with Crippen LogP contribution in [0.15, 0.2) is 54.6 Å². The molecule has 0 aliphatic carbocycles. The summed E-state index contributed by atoms with van der Waals surface area (Å²) in [4.78, 5) is 24.4. The summed E-state index contributed by atoms with van der Waals surface area (Å²) in [5, 5.41) is 7.97. The van der Waals surface area contributed by atoms with E-state index in [1.807, 2.05) is 12.0 Å². The summed E-state index contributed by atoms with van der Waals surface area (Å²) < 4.78 is 40.0. The number of hydrogen-bond donors (Lipinski definition) is 2. The van der Waals surface area contributed by atoms with Crippen LogP contribution in [0, 0.1) is 6.92 Å². The highest BCUT2D eigenvalue weighted by Crippen LogP contribution is 2.39. The Bertz CT molecular complexity index is 1010. The van der Waals surface area contributed by atoms with E-state index in [1.165, 1.54) is 12.1 Å². The van der Waals surface area contributed by atoms with E-state index in [1.54, 1.807) is 42.5 Å². The van der Waals surface area contributed by atoms with E-state index in [4.69, 9.17) is 0 Å². The monoisotopic (exact) mass is 401 g/mol. The SMILES string of the molecule is Cc1ccc(C(=O)CCC(=O)Nc2n[nH]c(C(F)(F)F)c2-c2ccccc2)cc1. The largest absolute Gasteiger partial charge is 0.433 e. The van der Waals surface area contributed by atoms with Crippen LogP contribution in [0.4, 0.5) is 19.0 Å². The molecule has 1 heterocycles. The normalized spacial score (nSPS) is 11.3. The van der Waals surface area contributed by atoms with Crippen LogP contribution in [-0.4, -0.2) is 21.9 Å². The van der Waals surface area contributed by atoms with Crippen LogP contribution in [0.3, 0.4) is 0 Å². The molecule has 0 bridgehead atoms. The molecule has 1 amide bonds. The lowest BCUT2D eigenvalue weighted by atomic mass is 10.0. The Hall–Kier alpha value is -3.42. The van der Waals surface area contributed by atoms with E-state index in [9.17, 15) is 22.8 Å². The molecule has 0 saturated carbocycles. The van der Waals surface area contributed by atoms with Gasteiger partial charge in [-0.25, -0.2) is 0 Å². The lowest BCUT2D eigenvalue weighted by Crippen LogP contribution is -2.14. The minimum Gasteiger partial charge on any atom is -0.309 e. The molecule has 2 aromatic carbocycles. The summed E-state index contributed by atoms with van der Waals surface area (Å²) in [6.45, 7) is 1.89. The second-order valence-electron chi connectivity index (χ2n) is 6.52. The number of aromatic amines is 1. The summed E-state index contributed by atoms with van der Waals surface area (Å²) in [6, 6.07) is 14.8. The van der Waals surface area contributed by atoms with Gasteiger partial charge in [-0.05, 0) is 12.5 Å². The molecule has 2 N–H and O–H groups in total. The molecule has 0 spiro atoms. The smallest absolute Gasteiger partial charge is 0.309 e. The standard InChI is InChI=1S/C21H18F3N3O2/c1-13-7-9-14(10-8-13)16(28)11-12-17(29)25-20-18(15-5-3-2-4-6-15)19(26-27-20)21(22,23)24/h2-10H,11-12H2,1H3,(H2,25,26,27,29). The molecule has 0 radical (unpaired) electrons. The number of ketones is 1. The number of carbonyl (C=O) groups is 2. The van der Waals surface area contributed by atoms with E-state index in [2.05, 4.69) is 10.4 Å². The maximum Gasteiger partial charge on any atom is 0.433 e. The molecule has 0 aliphatic rings. The summed E-state index contributed by atoms with van der Waals surface area (Å²) in [5.74, 6) is -1.04. The zero-order valence-corrected chi connectivity index (χ0v) is 15.5. The number of benzene rings is 2. The molecule has 0 aliphatic heterocycles. The van der Waals surface area contributed by atoms with Gasteiger partial charge in [-0.1, -0.05) is 60.2 Å². The Kier molecular flexibility index (Phi) is 5.81. The van der Waals surface area contributed by atoms with E-state index >= 15 is 0 Å². The van der Waals surface area contributed by atoms with Gasteiger partial charge in [0, 0.05) is 18.4 Å². The van der Waals surface area contributed by atoms with Gasteiger partial charge in [-0.2, -0.15) is 18.3 Å². The van der Waals surface area contributed by atoms with Gasteiger partial charge in [0.05, 0.1) is 5.56 Å². The van der Waals surface area contributed by atoms with Crippen molar-refractivity contribution >= 4 is 17.5 Å². The van der Waals surface area contributed by atoms with E-state index in [-0.39, 0.29) is 35.6 Å². The Morgan fingerprint density at radius 2 is 1.66 bits per heavy atom. The van der Waals surface area contributed by atoms with Crippen molar-refractivity contribution in [3.05, 3.63) is 71.4 Å². The van der Waals surface area contributed by atoms with E-state index in [0.29, 0.717) is 5.56 Å². The summed E-state index contributed by atoms with van der Waals surface area (Å²) in [7, 11) is 0. The van der Waals surface area contributed by atoms with Crippen molar-refractivity contribution in [2.45, 2.75) is 25.9 Å². The van der Waals surface area contributed by atoms with Gasteiger partial charge < -0.3 is 5.32 Å². The second kappa shape index (κ2) is 8.30. The fraction of sp³-hybridized carbons (Fsp3) is 0.190. The van der Waals surface area contributed by atoms with Crippen molar-refractivity contribution < 1.29 is 22.8 Å². The molecule has 5 nitrogen and oxygen atoms in total. The Morgan fingerprint density at radius 3 is 2.28 bits per heavy atom. The topological polar surface area (TPSA) is 74.8 Å². The third kappa shape index (κ3) is 4.90. The summed E-state index contributed by atoms with van der Waals surface area (Å²) in [6.07, 6.45) is -4.90. The van der Waals surface area contributed by atoms with Gasteiger partial charge in [-0.15, -0.1) is 0 Å². The van der Waals surface area contributed by atoms with Crippen LogP contribution in [0.2, 0.25) is 0 Å². The number of anilines is 1. The number of nitrogens with one attached hydrogen (secondary N) is 2. The molecule has 8 heteroatoms. The maximum absolute atomic E-state index is 13.3. The van der Waals surface area contributed by atoms with Crippen molar-refractivity contribution in [2.75, 3.05) is 5.32 Å². The van der Waals surface area contributed by atoms with Gasteiger partial charge in [-0.3, -0.25) is 14.7 Å². The number of rotatable bonds is 6. The van der Waals surface area contributed by atoms with Crippen LogP contribution in [0.1, 0.15) is 34.5 Å². The van der Waals surface area contributed by atoms with Crippen LogP contribution in [0.25, 0.3) is 11.1 Å². The fourth-order valence-electron chi connectivity index (χ4n) is 2.83. The van der Waals surface area contributed by atoms with Crippen molar-refractivity contribution in [1.29, 1.82) is 0 Å². The van der Waals surface area contributed by atoms with Gasteiger partial charge >= 0.3 is 6.18 Å². The molecular weight excluding hydrogens is 383 g/mol. The summed E-state index contributed by atoms with van der Waals surface area (Å²) >= 11 is 0. The van der Waals surface area contributed by atoms with E-state index in [0.717, 1.165) is 5.56 Å². The van der Waals surface area contributed by atoms with Gasteiger partial charge in [0.1, 0.15) is 5.69 Å². The number of halogens is 3. The zero-order valence-electron chi connectivity index (χ0n) is 15.5. The quantitative estimate of drug-likeness (QED) is 0.571. The average Bonchev–Trinajstić information content (AvgIpc) is 3.11. The molecule has 3 aromatic rings. The number of amides is 1. The minimum absolute atomic E-state index is 0.0634.